The first-order valence-electron chi connectivity index (χ1n) is 6.52. The molecule has 0 saturated heterocycles. The maximum atomic E-state index is 8.56. The average Bonchev–Trinajstić information content (AvgIpc) is 2.91. The van der Waals surface area contributed by atoms with Crippen molar-refractivity contribution in [3.63, 3.8) is 0 Å². The average molecular weight is 283 g/mol. The first-order valence-corrected chi connectivity index (χ1v) is 6.52. The molecule has 1 saturated carbocycles. The zero-order valence-electron chi connectivity index (χ0n) is 11.5. The minimum Gasteiger partial charge on any atom is -0.493 e. The van der Waals surface area contributed by atoms with Crippen LogP contribution in [0.5, 0.6) is 11.5 Å². The summed E-state index contributed by atoms with van der Waals surface area (Å²) in [4.78, 5) is 8.56. The van der Waals surface area contributed by atoms with Crippen molar-refractivity contribution in [2.75, 3.05) is 7.11 Å². The van der Waals surface area contributed by atoms with Crippen molar-refractivity contribution in [3.05, 3.63) is 23.8 Å². The number of carboxylic acid groups (broad SMARTS) is 2. The van der Waals surface area contributed by atoms with Crippen LogP contribution in [0.4, 0.5) is 4.79 Å². The predicted octanol–water partition coefficient (Wildman–Crippen LogP) is 2.70. The molecule has 1 aromatic carbocycles. The van der Waals surface area contributed by atoms with E-state index < -0.39 is 6.16 Å². The lowest BCUT2D eigenvalue weighted by Gasteiger charge is -2.16. The molecular weight excluding hydrogens is 262 g/mol. The Morgan fingerprint density at radius 3 is 2.40 bits per heavy atom. The van der Waals surface area contributed by atoms with E-state index in [1.54, 1.807) is 7.11 Å². The molecule has 1 aliphatic carbocycles. The Morgan fingerprint density at radius 1 is 1.30 bits per heavy atom. The van der Waals surface area contributed by atoms with Crippen LogP contribution < -0.4 is 15.2 Å². The van der Waals surface area contributed by atoms with Crippen LogP contribution in [0.3, 0.4) is 0 Å². The topological polar surface area (TPSA) is 102 Å². The van der Waals surface area contributed by atoms with Gasteiger partial charge in [0.1, 0.15) is 0 Å². The van der Waals surface area contributed by atoms with Gasteiger partial charge in [0.25, 0.3) is 0 Å². The van der Waals surface area contributed by atoms with Crippen LogP contribution in [0.15, 0.2) is 18.2 Å². The predicted molar refractivity (Wildman–Crippen MR) is 74.4 cm³/mol. The van der Waals surface area contributed by atoms with Gasteiger partial charge < -0.3 is 25.4 Å². The van der Waals surface area contributed by atoms with E-state index in [9.17, 15) is 0 Å². The second-order valence-electron chi connectivity index (χ2n) is 4.50. The Bertz CT molecular complexity index is 426. The number of methoxy groups -OCH3 is 1. The molecule has 1 aromatic rings. The molecule has 0 atom stereocenters. The second kappa shape index (κ2) is 8.27. The van der Waals surface area contributed by atoms with E-state index in [1.807, 2.05) is 18.2 Å². The molecule has 6 nitrogen and oxygen atoms in total. The van der Waals surface area contributed by atoms with Crippen molar-refractivity contribution in [2.45, 2.75) is 38.3 Å². The Hall–Kier alpha value is -1.95. The fourth-order valence-corrected chi connectivity index (χ4v) is 2.13. The summed E-state index contributed by atoms with van der Waals surface area (Å²) in [5.74, 6) is 1.63. The second-order valence-corrected chi connectivity index (χ2v) is 4.50. The van der Waals surface area contributed by atoms with E-state index in [2.05, 4.69) is 0 Å². The molecule has 1 fully saturated rings. The van der Waals surface area contributed by atoms with Gasteiger partial charge in [-0.15, -0.1) is 0 Å². The summed E-state index contributed by atoms with van der Waals surface area (Å²) < 4.78 is 11.2. The van der Waals surface area contributed by atoms with Gasteiger partial charge in [0, 0.05) is 6.54 Å². The number of benzene rings is 1. The molecule has 0 amide bonds. The summed E-state index contributed by atoms with van der Waals surface area (Å²) in [6, 6.07) is 5.88. The Morgan fingerprint density at radius 2 is 1.90 bits per heavy atom. The number of hydrogen-bond acceptors (Lipinski definition) is 4. The number of ether oxygens (including phenoxy) is 2. The third kappa shape index (κ3) is 5.36. The van der Waals surface area contributed by atoms with Crippen LogP contribution in [0, 0.1) is 0 Å². The molecule has 2 rings (SSSR count). The van der Waals surface area contributed by atoms with Crippen molar-refractivity contribution in [1.82, 2.24) is 0 Å². The summed E-state index contributed by atoms with van der Waals surface area (Å²) >= 11 is 0. The fraction of sp³-hybridized carbons (Fsp3) is 0.500. The number of hydrogen-bond donors (Lipinski definition) is 3. The minimum atomic E-state index is -1.83. The Labute approximate surface area is 118 Å². The number of rotatable bonds is 4. The van der Waals surface area contributed by atoms with Gasteiger partial charge in [0.15, 0.2) is 11.5 Å². The van der Waals surface area contributed by atoms with Crippen LogP contribution in [-0.4, -0.2) is 29.6 Å². The molecule has 0 radical (unpaired) electrons. The zero-order valence-corrected chi connectivity index (χ0v) is 11.5. The first-order chi connectivity index (χ1) is 9.56. The standard InChI is InChI=1S/C13H19NO2.CH2O3/c1-15-12-7-6-10(9-14)8-13(12)16-11-4-2-3-5-11;2-1(3)4/h6-8,11H,2-5,9,14H2,1H3;(H2,2,3,4). The Kier molecular flexibility index (Phi) is 6.66. The van der Waals surface area contributed by atoms with Crippen LogP contribution in [0.2, 0.25) is 0 Å². The van der Waals surface area contributed by atoms with Crippen LogP contribution in [0.1, 0.15) is 31.2 Å². The van der Waals surface area contributed by atoms with Gasteiger partial charge >= 0.3 is 6.16 Å². The van der Waals surface area contributed by atoms with Gasteiger partial charge in [-0.1, -0.05) is 6.07 Å². The van der Waals surface area contributed by atoms with E-state index in [0.29, 0.717) is 12.6 Å². The number of nitrogens with two attached hydrogens (primary N) is 1. The lowest BCUT2D eigenvalue weighted by Crippen LogP contribution is -2.12. The lowest BCUT2D eigenvalue weighted by atomic mass is 10.2. The fourth-order valence-electron chi connectivity index (χ4n) is 2.13. The van der Waals surface area contributed by atoms with Gasteiger partial charge in [-0.2, -0.15) is 0 Å². The molecule has 6 heteroatoms. The van der Waals surface area contributed by atoms with Gasteiger partial charge in [0.05, 0.1) is 13.2 Å². The quantitative estimate of drug-likeness (QED) is 0.785. The highest BCUT2D eigenvalue weighted by molar-refractivity contribution is 5.53. The van der Waals surface area contributed by atoms with Crippen molar-refractivity contribution >= 4 is 6.16 Å². The van der Waals surface area contributed by atoms with Gasteiger partial charge in [-0.3, -0.25) is 0 Å². The highest BCUT2D eigenvalue weighted by atomic mass is 16.6. The van der Waals surface area contributed by atoms with Gasteiger partial charge in [-0.05, 0) is 43.4 Å². The molecule has 20 heavy (non-hydrogen) atoms. The van der Waals surface area contributed by atoms with Crippen molar-refractivity contribution < 1.29 is 24.5 Å². The third-order valence-corrected chi connectivity index (χ3v) is 3.06. The molecule has 0 aromatic heterocycles. The summed E-state index contributed by atoms with van der Waals surface area (Å²) in [6.45, 7) is 0.533. The summed E-state index contributed by atoms with van der Waals surface area (Å²) in [6.07, 6.45) is 3.35. The Balaban J connectivity index is 0.000000444. The lowest BCUT2D eigenvalue weighted by molar-refractivity contribution is 0.137. The molecule has 0 aliphatic heterocycles. The first kappa shape index (κ1) is 16.1. The van der Waals surface area contributed by atoms with Crippen molar-refractivity contribution in [1.29, 1.82) is 0 Å². The summed E-state index contributed by atoms with van der Waals surface area (Å²) in [5.41, 5.74) is 6.70. The van der Waals surface area contributed by atoms with Crippen molar-refractivity contribution in [2.24, 2.45) is 5.73 Å². The molecule has 0 unspecified atom stereocenters. The van der Waals surface area contributed by atoms with E-state index in [-0.39, 0.29) is 0 Å². The molecule has 0 heterocycles. The molecule has 4 N–H and O–H groups in total. The highest BCUT2D eigenvalue weighted by Gasteiger charge is 2.18. The molecular formula is C14H21NO5. The normalized spacial score (nSPS) is 14.3. The largest absolute Gasteiger partial charge is 0.503 e. The van der Waals surface area contributed by atoms with Crippen LogP contribution in [0.25, 0.3) is 0 Å². The molecule has 0 bridgehead atoms. The molecule has 0 spiro atoms. The molecule has 1 aliphatic rings. The maximum Gasteiger partial charge on any atom is 0.503 e. The maximum absolute atomic E-state index is 8.56. The third-order valence-electron chi connectivity index (χ3n) is 3.06. The van der Waals surface area contributed by atoms with E-state index in [1.165, 1.54) is 12.8 Å². The van der Waals surface area contributed by atoms with Crippen LogP contribution >= 0.6 is 0 Å². The van der Waals surface area contributed by atoms with E-state index >= 15 is 0 Å². The monoisotopic (exact) mass is 283 g/mol. The zero-order chi connectivity index (χ0) is 15.0. The van der Waals surface area contributed by atoms with Gasteiger partial charge in [-0.25, -0.2) is 4.79 Å². The van der Waals surface area contributed by atoms with Gasteiger partial charge in [0.2, 0.25) is 0 Å². The SMILES string of the molecule is COc1ccc(CN)cc1OC1CCCC1.O=C(O)O. The number of carbonyl (C=O) groups is 1. The van der Waals surface area contributed by atoms with Crippen LogP contribution in [-0.2, 0) is 6.54 Å². The van der Waals surface area contributed by atoms with E-state index in [0.717, 1.165) is 29.9 Å². The molecule has 112 valence electrons. The van der Waals surface area contributed by atoms with E-state index in [4.69, 9.17) is 30.2 Å². The smallest absolute Gasteiger partial charge is 0.493 e. The highest BCUT2D eigenvalue weighted by Crippen LogP contribution is 2.32. The summed E-state index contributed by atoms with van der Waals surface area (Å²) in [7, 11) is 1.67. The summed E-state index contributed by atoms with van der Waals surface area (Å²) in [5, 5.41) is 13.9. The minimum absolute atomic E-state index is 0.349. The van der Waals surface area contributed by atoms with Crippen molar-refractivity contribution in [3.8, 4) is 11.5 Å².